The van der Waals surface area contributed by atoms with Crippen molar-refractivity contribution >= 4 is 29.2 Å². The van der Waals surface area contributed by atoms with Crippen LogP contribution in [0.5, 0.6) is 0 Å². The van der Waals surface area contributed by atoms with Crippen molar-refractivity contribution in [2.75, 3.05) is 11.9 Å². The van der Waals surface area contributed by atoms with Gasteiger partial charge in [0.05, 0.1) is 11.5 Å². The third-order valence-electron chi connectivity index (χ3n) is 2.99. The Hall–Kier alpha value is -1.75. The number of amides is 1. The Morgan fingerprint density at radius 3 is 2.48 bits per heavy atom. The van der Waals surface area contributed by atoms with Crippen LogP contribution in [0, 0.1) is 11.3 Å². The summed E-state index contributed by atoms with van der Waals surface area (Å²) in [5.74, 6) is -2.03. The number of aliphatic carboxylic acids is 1. The van der Waals surface area contributed by atoms with Crippen molar-refractivity contribution in [2.45, 2.75) is 27.2 Å². The summed E-state index contributed by atoms with van der Waals surface area (Å²) < 4.78 is 0. The molecule has 0 aliphatic rings. The smallest absolute Gasteiger partial charge is 0.308 e. The van der Waals surface area contributed by atoms with Gasteiger partial charge in [0.25, 0.3) is 5.91 Å². The molecule has 6 heteroatoms. The molecule has 0 aliphatic carbocycles. The van der Waals surface area contributed by atoms with Crippen LogP contribution in [0.4, 0.5) is 5.69 Å². The van der Waals surface area contributed by atoms with Crippen LogP contribution >= 0.6 is 11.6 Å². The summed E-state index contributed by atoms with van der Waals surface area (Å²) in [5, 5.41) is 12.7. The Morgan fingerprint density at radius 2 is 2.00 bits per heavy atom. The van der Waals surface area contributed by atoms with E-state index in [1.165, 1.54) is 6.07 Å². The standard InChI is InChI=1S/C15H21ClN2O3/c1-15(2,3)7-9(14(20)21)8-18-12-6-10(16)4-5-11(12)13(17)19/h4-6,9,18H,7-8H2,1-3H3,(H2,17,19)(H,20,21). The number of carbonyl (C=O) groups is 2. The van der Waals surface area contributed by atoms with Gasteiger partial charge in [0.1, 0.15) is 0 Å². The summed E-state index contributed by atoms with van der Waals surface area (Å²) in [7, 11) is 0. The minimum absolute atomic E-state index is 0.106. The van der Waals surface area contributed by atoms with Gasteiger partial charge < -0.3 is 16.2 Å². The lowest BCUT2D eigenvalue weighted by molar-refractivity contribution is -0.142. The number of primary amides is 1. The Bertz CT molecular complexity index is 538. The molecule has 1 aromatic rings. The van der Waals surface area contributed by atoms with Gasteiger partial charge in [0.15, 0.2) is 0 Å². The molecule has 1 aromatic carbocycles. The van der Waals surface area contributed by atoms with Gasteiger partial charge in [-0.3, -0.25) is 9.59 Å². The highest BCUT2D eigenvalue weighted by Gasteiger charge is 2.24. The molecule has 116 valence electrons. The van der Waals surface area contributed by atoms with Crippen LogP contribution in [0.15, 0.2) is 18.2 Å². The first-order valence-corrected chi connectivity index (χ1v) is 7.04. The van der Waals surface area contributed by atoms with Crippen molar-refractivity contribution in [1.82, 2.24) is 0 Å². The molecule has 0 fully saturated rings. The number of hydrogen-bond donors (Lipinski definition) is 3. The molecule has 0 bridgehead atoms. The molecule has 4 N–H and O–H groups in total. The second kappa shape index (κ2) is 6.80. The molecule has 0 saturated carbocycles. The third-order valence-corrected chi connectivity index (χ3v) is 3.23. The number of rotatable bonds is 6. The zero-order valence-electron chi connectivity index (χ0n) is 12.4. The van der Waals surface area contributed by atoms with Crippen LogP contribution in [0.3, 0.4) is 0 Å². The maximum absolute atomic E-state index is 11.4. The van der Waals surface area contributed by atoms with Crippen LogP contribution in [0.1, 0.15) is 37.6 Å². The molecule has 21 heavy (non-hydrogen) atoms. The Morgan fingerprint density at radius 1 is 1.38 bits per heavy atom. The molecule has 1 amide bonds. The highest BCUT2D eigenvalue weighted by atomic mass is 35.5. The first-order chi connectivity index (χ1) is 9.60. The van der Waals surface area contributed by atoms with Gasteiger partial charge in [-0.2, -0.15) is 0 Å². The number of nitrogens with one attached hydrogen (secondary N) is 1. The number of nitrogens with two attached hydrogens (primary N) is 1. The predicted octanol–water partition coefficient (Wildman–Crippen LogP) is 2.99. The van der Waals surface area contributed by atoms with Crippen molar-refractivity contribution in [1.29, 1.82) is 0 Å². The lowest BCUT2D eigenvalue weighted by Gasteiger charge is -2.24. The fourth-order valence-corrected chi connectivity index (χ4v) is 2.27. The first kappa shape index (κ1) is 17.3. The fourth-order valence-electron chi connectivity index (χ4n) is 2.10. The number of hydrogen-bond acceptors (Lipinski definition) is 3. The van der Waals surface area contributed by atoms with Crippen molar-refractivity contribution in [2.24, 2.45) is 17.1 Å². The zero-order valence-corrected chi connectivity index (χ0v) is 13.2. The quantitative estimate of drug-likeness (QED) is 0.753. The topological polar surface area (TPSA) is 92.4 Å². The number of carboxylic acid groups (broad SMARTS) is 1. The summed E-state index contributed by atoms with van der Waals surface area (Å²) >= 11 is 5.90. The predicted molar refractivity (Wildman–Crippen MR) is 83.7 cm³/mol. The van der Waals surface area contributed by atoms with E-state index in [2.05, 4.69) is 5.32 Å². The van der Waals surface area contributed by atoms with Gasteiger partial charge in [-0.15, -0.1) is 0 Å². The molecular formula is C15H21ClN2O3. The van der Waals surface area contributed by atoms with E-state index >= 15 is 0 Å². The van der Waals surface area contributed by atoms with Gasteiger partial charge in [-0.25, -0.2) is 0 Å². The minimum atomic E-state index is -0.875. The van der Waals surface area contributed by atoms with E-state index in [9.17, 15) is 14.7 Å². The van der Waals surface area contributed by atoms with E-state index in [0.717, 1.165) is 0 Å². The van der Waals surface area contributed by atoms with Crippen LogP contribution in [-0.2, 0) is 4.79 Å². The summed E-state index contributed by atoms with van der Waals surface area (Å²) in [4.78, 5) is 22.7. The van der Waals surface area contributed by atoms with Gasteiger partial charge in [0, 0.05) is 17.3 Å². The van der Waals surface area contributed by atoms with E-state index in [1.54, 1.807) is 12.1 Å². The van der Waals surface area contributed by atoms with E-state index in [-0.39, 0.29) is 12.0 Å². The molecule has 0 aromatic heterocycles. The second-order valence-corrected chi connectivity index (χ2v) is 6.67. The summed E-state index contributed by atoms with van der Waals surface area (Å²) in [6, 6.07) is 4.65. The first-order valence-electron chi connectivity index (χ1n) is 6.66. The monoisotopic (exact) mass is 312 g/mol. The van der Waals surface area contributed by atoms with E-state index in [0.29, 0.717) is 22.7 Å². The molecule has 1 unspecified atom stereocenters. The van der Waals surface area contributed by atoms with Crippen LogP contribution in [-0.4, -0.2) is 23.5 Å². The van der Waals surface area contributed by atoms with Crippen molar-refractivity contribution < 1.29 is 14.7 Å². The van der Waals surface area contributed by atoms with Crippen molar-refractivity contribution in [3.8, 4) is 0 Å². The van der Waals surface area contributed by atoms with Crippen LogP contribution in [0.2, 0.25) is 5.02 Å². The number of halogens is 1. The van der Waals surface area contributed by atoms with E-state index in [4.69, 9.17) is 17.3 Å². The van der Waals surface area contributed by atoms with Gasteiger partial charge in [0.2, 0.25) is 0 Å². The van der Waals surface area contributed by atoms with Gasteiger partial charge in [-0.1, -0.05) is 32.4 Å². The number of carbonyl (C=O) groups excluding carboxylic acids is 1. The Labute approximate surface area is 129 Å². The maximum atomic E-state index is 11.4. The average molecular weight is 313 g/mol. The number of benzene rings is 1. The van der Waals surface area contributed by atoms with Crippen molar-refractivity contribution in [3.05, 3.63) is 28.8 Å². The normalized spacial score (nSPS) is 12.8. The molecular weight excluding hydrogens is 292 g/mol. The molecule has 0 aliphatic heterocycles. The minimum Gasteiger partial charge on any atom is -0.481 e. The molecule has 0 heterocycles. The number of anilines is 1. The summed E-state index contributed by atoms with van der Waals surface area (Å²) in [5.41, 5.74) is 5.93. The number of carboxylic acids is 1. The largest absolute Gasteiger partial charge is 0.481 e. The molecule has 0 spiro atoms. The molecule has 0 radical (unpaired) electrons. The third kappa shape index (κ3) is 5.63. The Kier molecular flexibility index (Phi) is 5.61. The molecule has 0 saturated heterocycles. The summed E-state index contributed by atoms with van der Waals surface area (Å²) in [6.07, 6.45) is 0.516. The Balaban J connectivity index is 2.87. The molecule has 1 atom stereocenters. The maximum Gasteiger partial charge on any atom is 0.308 e. The zero-order chi connectivity index (χ0) is 16.2. The SMILES string of the molecule is CC(C)(C)CC(CNc1cc(Cl)ccc1C(N)=O)C(=O)O. The lowest BCUT2D eigenvalue weighted by atomic mass is 9.84. The van der Waals surface area contributed by atoms with Crippen LogP contribution < -0.4 is 11.1 Å². The van der Waals surface area contributed by atoms with E-state index in [1.807, 2.05) is 20.8 Å². The second-order valence-electron chi connectivity index (χ2n) is 6.24. The molecule has 1 rings (SSSR count). The summed E-state index contributed by atoms with van der Waals surface area (Å²) in [6.45, 7) is 6.15. The molecule has 5 nitrogen and oxygen atoms in total. The van der Waals surface area contributed by atoms with Crippen LogP contribution in [0.25, 0.3) is 0 Å². The highest BCUT2D eigenvalue weighted by molar-refractivity contribution is 6.31. The van der Waals surface area contributed by atoms with Gasteiger partial charge >= 0.3 is 5.97 Å². The average Bonchev–Trinajstić information content (AvgIpc) is 2.32. The van der Waals surface area contributed by atoms with E-state index < -0.39 is 17.8 Å². The lowest BCUT2D eigenvalue weighted by Crippen LogP contribution is -2.28. The van der Waals surface area contributed by atoms with Crippen molar-refractivity contribution in [3.63, 3.8) is 0 Å². The fraction of sp³-hybridized carbons (Fsp3) is 0.467. The highest BCUT2D eigenvalue weighted by Crippen LogP contribution is 2.26. The van der Waals surface area contributed by atoms with Gasteiger partial charge in [-0.05, 0) is 30.0 Å².